The first-order chi connectivity index (χ1) is 12.8. The summed E-state index contributed by atoms with van der Waals surface area (Å²) in [7, 11) is 0. The molecule has 0 saturated heterocycles. The molecule has 2 unspecified atom stereocenters. The van der Waals surface area contributed by atoms with E-state index in [2.05, 4.69) is 10.6 Å². The van der Waals surface area contributed by atoms with Crippen molar-refractivity contribution in [3.8, 4) is 0 Å². The maximum absolute atomic E-state index is 12.9. The molecule has 0 aromatic heterocycles. The number of thioether (sulfide) groups is 1. The van der Waals surface area contributed by atoms with Gasteiger partial charge in [0.2, 0.25) is 11.8 Å². The first-order valence-corrected chi connectivity index (χ1v) is 9.99. The standard InChI is InChI=1S/C19H19Cl2FN2O2S/c1-11(16-8-3-13(20)9-17(16)21)23-19(26)12(2)27-10-18(25)24-15-6-4-14(22)5-7-15/h3-9,11-12H,10H2,1-2H3,(H,23,26)(H,24,25). The van der Waals surface area contributed by atoms with E-state index in [9.17, 15) is 14.0 Å². The molecule has 2 aromatic rings. The summed E-state index contributed by atoms with van der Waals surface area (Å²) in [6, 6.07) is 10.3. The molecule has 0 aliphatic rings. The third-order valence-electron chi connectivity index (χ3n) is 3.75. The average molecular weight is 429 g/mol. The molecule has 2 atom stereocenters. The van der Waals surface area contributed by atoms with Crippen LogP contribution in [0.5, 0.6) is 0 Å². The van der Waals surface area contributed by atoms with Crippen molar-refractivity contribution in [3.63, 3.8) is 0 Å². The van der Waals surface area contributed by atoms with Crippen LogP contribution < -0.4 is 10.6 Å². The molecular formula is C19H19Cl2FN2O2S. The topological polar surface area (TPSA) is 58.2 Å². The van der Waals surface area contributed by atoms with Crippen LogP contribution in [0.25, 0.3) is 0 Å². The van der Waals surface area contributed by atoms with Crippen LogP contribution in [0.1, 0.15) is 25.5 Å². The molecule has 2 N–H and O–H groups in total. The minimum absolute atomic E-state index is 0.0993. The summed E-state index contributed by atoms with van der Waals surface area (Å²) in [6.45, 7) is 3.55. The van der Waals surface area contributed by atoms with Gasteiger partial charge in [0.05, 0.1) is 17.0 Å². The summed E-state index contributed by atoms with van der Waals surface area (Å²) >= 11 is 13.2. The van der Waals surface area contributed by atoms with E-state index in [1.54, 1.807) is 25.1 Å². The largest absolute Gasteiger partial charge is 0.349 e. The van der Waals surface area contributed by atoms with Crippen molar-refractivity contribution in [2.45, 2.75) is 25.1 Å². The number of rotatable bonds is 7. The number of hydrogen-bond donors (Lipinski definition) is 2. The molecule has 0 heterocycles. The van der Waals surface area contributed by atoms with Gasteiger partial charge in [0.1, 0.15) is 5.82 Å². The third-order valence-corrected chi connectivity index (χ3v) is 5.45. The number of halogens is 3. The first kappa shape index (κ1) is 21.5. The quantitative estimate of drug-likeness (QED) is 0.646. The van der Waals surface area contributed by atoms with E-state index in [0.29, 0.717) is 15.7 Å². The molecule has 0 spiro atoms. The van der Waals surface area contributed by atoms with Crippen LogP contribution in [0.15, 0.2) is 42.5 Å². The van der Waals surface area contributed by atoms with E-state index in [4.69, 9.17) is 23.2 Å². The zero-order valence-corrected chi connectivity index (χ0v) is 17.1. The molecule has 2 amide bonds. The Kier molecular flexibility index (Phi) is 7.95. The van der Waals surface area contributed by atoms with Gasteiger partial charge in [0, 0.05) is 15.7 Å². The molecule has 144 valence electrons. The molecule has 4 nitrogen and oxygen atoms in total. The van der Waals surface area contributed by atoms with Crippen LogP contribution in [0.2, 0.25) is 10.0 Å². The van der Waals surface area contributed by atoms with Gasteiger partial charge >= 0.3 is 0 Å². The molecule has 0 fully saturated rings. The fourth-order valence-electron chi connectivity index (χ4n) is 2.27. The van der Waals surface area contributed by atoms with Crippen LogP contribution in [0.3, 0.4) is 0 Å². The molecule has 8 heteroatoms. The van der Waals surface area contributed by atoms with Crippen LogP contribution in [-0.4, -0.2) is 22.8 Å². The Balaban J connectivity index is 1.82. The minimum Gasteiger partial charge on any atom is -0.349 e. The summed E-state index contributed by atoms with van der Waals surface area (Å²) < 4.78 is 12.9. The van der Waals surface area contributed by atoms with Crippen LogP contribution in [0, 0.1) is 5.82 Å². The lowest BCUT2D eigenvalue weighted by atomic mass is 10.1. The highest BCUT2D eigenvalue weighted by atomic mass is 35.5. The molecule has 2 aromatic carbocycles. The van der Waals surface area contributed by atoms with E-state index in [1.165, 1.54) is 36.0 Å². The van der Waals surface area contributed by atoms with Gasteiger partial charge in [-0.05, 0) is 55.8 Å². The fraction of sp³-hybridized carbons (Fsp3) is 0.263. The molecule has 2 rings (SSSR count). The summed E-state index contributed by atoms with van der Waals surface area (Å²) in [5, 5.41) is 6.10. The Morgan fingerprint density at radius 1 is 1.11 bits per heavy atom. The van der Waals surface area contributed by atoms with Crippen molar-refractivity contribution in [1.29, 1.82) is 0 Å². The van der Waals surface area contributed by atoms with Crippen molar-refractivity contribution in [1.82, 2.24) is 5.32 Å². The number of nitrogens with one attached hydrogen (secondary N) is 2. The zero-order valence-electron chi connectivity index (χ0n) is 14.8. The van der Waals surface area contributed by atoms with E-state index >= 15 is 0 Å². The van der Waals surface area contributed by atoms with Gasteiger partial charge in [-0.2, -0.15) is 0 Å². The van der Waals surface area contributed by atoms with Crippen LogP contribution >= 0.6 is 35.0 Å². The van der Waals surface area contributed by atoms with Gasteiger partial charge in [-0.3, -0.25) is 9.59 Å². The second kappa shape index (κ2) is 9.97. The maximum atomic E-state index is 12.9. The highest BCUT2D eigenvalue weighted by Gasteiger charge is 2.19. The van der Waals surface area contributed by atoms with E-state index in [-0.39, 0.29) is 29.4 Å². The van der Waals surface area contributed by atoms with Crippen LogP contribution in [-0.2, 0) is 9.59 Å². The van der Waals surface area contributed by atoms with E-state index in [1.807, 2.05) is 6.92 Å². The Bertz CT molecular complexity index is 818. The molecule has 27 heavy (non-hydrogen) atoms. The normalized spacial score (nSPS) is 12.9. The number of anilines is 1. The number of carbonyl (C=O) groups is 2. The Morgan fingerprint density at radius 2 is 1.78 bits per heavy atom. The summed E-state index contributed by atoms with van der Waals surface area (Å²) in [5.41, 5.74) is 1.27. The Hall–Kier alpha value is -1.76. The number of amides is 2. The summed E-state index contributed by atoms with van der Waals surface area (Å²) in [5.74, 6) is -0.738. The fourth-order valence-corrected chi connectivity index (χ4v) is 3.53. The Labute approximate surface area is 171 Å². The highest BCUT2D eigenvalue weighted by Crippen LogP contribution is 2.26. The lowest BCUT2D eigenvalue weighted by Gasteiger charge is -2.19. The predicted molar refractivity (Wildman–Crippen MR) is 110 cm³/mol. The van der Waals surface area contributed by atoms with Crippen LogP contribution in [0.4, 0.5) is 10.1 Å². The second-order valence-electron chi connectivity index (χ2n) is 5.90. The van der Waals surface area contributed by atoms with Crippen molar-refractivity contribution < 1.29 is 14.0 Å². The summed E-state index contributed by atoms with van der Waals surface area (Å²) in [6.07, 6.45) is 0. The van der Waals surface area contributed by atoms with Gasteiger partial charge in [-0.15, -0.1) is 11.8 Å². The van der Waals surface area contributed by atoms with Gasteiger partial charge in [0.25, 0.3) is 0 Å². The lowest BCUT2D eigenvalue weighted by molar-refractivity contribution is -0.120. The Morgan fingerprint density at radius 3 is 2.41 bits per heavy atom. The van der Waals surface area contributed by atoms with Crippen molar-refractivity contribution >= 4 is 52.5 Å². The first-order valence-electron chi connectivity index (χ1n) is 8.18. The third kappa shape index (κ3) is 6.72. The van der Waals surface area contributed by atoms with Gasteiger partial charge in [-0.25, -0.2) is 4.39 Å². The van der Waals surface area contributed by atoms with E-state index in [0.717, 1.165) is 5.56 Å². The zero-order chi connectivity index (χ0) is 20.0. The maximum Gasteiger partial charge on any atom is 0.234 e. The second-order valence-corrected chi connectivity index (χ2v) is 8.08. The molecular weight excluding hydrogens is 410 g/mol. The highest BCUT2D eigenvalue weighted by molar-refractivity contribution is 8.01. The molecule has 0 aliphatic carbocycles. The van der Waals surface area contributed by atoms with Gasteiger partial charge in [-0.1, -0.05) is 29.3 Å². The minimum atomic E-state index is -0.433. The SMILES string of the molecule is CC(SCC(=O)Nc1ccc(F)cc1)C(=O)NC(C)c1ccc(Cl)cc1Cl. The monoisotopic (exact) mass is 428 g/mol. The van der Waals surface area contributed by atoms with Crippen molar-refractivity contribution in [3.05, 3.63) is 63.9 Å². The van der Waals surface area contributed by atoms with Crippen molar-refractivity contribution in [2.75, 3.05) is 11.1 Å². The molecule has 0 aliphatic heterocycles. The van der Waals surface area contributed by atoms with Gasteiger partial charge < -0.3 is 10.6 Å². The number of benzene rings is 2. The predicted octanol–water partition coefficient (Wildman–Crippen LogP) is 5.07. The molecule has 0 bridgehead atoms. The molecule has 0 radical (unpaired) electrons. The van der Waals surface area contributed by atoms with E-state index < -0.39 is 5.25 Å². The molecule has 0 saturated carbocycles. The smallest absolute Gasteiger partial charge is 0.234 e. The summed E-state index contributed by atoms with van der Waals surface area (Å²) in [4.78, 5) is 24.3. The lowest BCUT2D eigenvalue weighted by Crippen LogP contribution is -2.34. The number of hydrogen-bond acceptors (Lipinski definition) is 3. The average Bonchev–Trinajstić information content (AvgIpc) is 2.61. The van der Waals surface area contributed by atoms with Crippen molar-refractivity contribution in [2.24, 2.45) is 0 Å². The number of carbonyl (C=O) groups excluding carboxylic acids is 2. The van der Waals surface area contributed by atoms with Gasteiger partial charge in [0.15, 0.2) is 0 Å².